The van der Waals surface area contributed by atoms with Gasteiger partial charge in [0.15, 0.2) is 17.0 Å². The summed E-state index contributed by atoms with van der Waals surface area (Å²) in [7, 11) is -4.56. The van der Waals surface area contributed by atoms with Crippen LogP contribution in [0.3, 0.4) is 0 Å². The number of anilines is 1. The van der Waals surface area contributed by atoms with Crippen molar-refractivity contribution in [2.45, 2.75) is 11.7 Å². The van der Waals surface area contributed by atoms with Crippen LogP contribution >= 0.6 is 11.6 Å². The van der Waals surface area contributed by atoms with Crippen molar-refractivity contribution in [3.8, 4) is 5.75 Å². The Balaban J connectivity index is 1.90. The Bertz CT molecular complexity index is 988. The fourth-order valence-corrected chi connectivity index (χ4v) is 2.91. The Hall–Kier alpha value is -2.43. The summed E-state index contributed by atoms with van der Waals surface area (Å²) >= 11 is 5.79. The summed E-state index contributed by atoms with van der Waals surface area (Å²) in [6.45, 7) is 0.185. The minimum Gasteiger partial charge on any atom is -0.492 e. The third-order valence-electron chi connectivity index (χ3n) is 3.15. The zero-order chi connectivity index (χ0) is 17.3. The summed E-state index contributed by atoms with van der Waals surface area (Å²) in [6, 6.07) is 6.69. The lowest BCUT2D eigenvalue weighted by molar-refractivity contribution is 0.294. The molecule has 0 fully saturated rings. The van der Waals surface area contributed by atoms with E-state index >= 15 is 0 Å². The quantitative estimate of drug-likeness (QED) is 0.644. The Morgan fingerprint density at radius 1 is 1.25 bits per heavy atom. The van der Waals surface area contributed by atoms with Gasteiger partial charge < -0.3 is 10.5 Å². The lowest BCUT2D eigenvalue weighted by Crippen LogP contribution is -2.14. The number of halogens is 1. The van der Waals surface area contributed by atoms with Crippen molar-refractivity contribution in [1.82, 2.24) is 19.5 Å². The van der Waals surface area contributed by atoms with Crippen LogP contribution in [0, 0.1) is 0 Å². The molecule has 126 valence electrons. The molecule has 3 N–H and O–H groups in total. The van der Waals surface area contributed by atoms with Crippen LogP contribution in [0.25, 0.3) is 11.2 Å². The zero-order valence-corrected chi connectivity index (χ0v) is 13.7. The lowest BCUT2D eigenvalue weighted by Gasteiger charge is -2.09. The summed E-state index contributed by atoms with van der Waals surface area (Å²) in [5, 5.41) is 0.00759. The molecule has 0 aliphatic carbocycles. The molecule has 0 saturated carbocycles. The molecule has 11 heteroatoms. The molecule has 2 heterocycles. The second-order valence-electron chi connectivity index (χ2n) is 4.75. The van der Waals surface area contributed by atoms with Gasteiger partial charge in [-0.1, -0.05) is 11.6 Å². The van der Waals surface area contributed by atoms with E-state index in [0.717, 1.165) is 0 Å². The first-order valence-electron chi connectivity index (χ1n) is 6.69. The average molecular weight is 370 g/mol. The van der Waals surface area contributed by atoms with Gasteiger partial charge in [-0.3, -0.25) is 9.12 Å². The number of imidazole rings is 1. The fraction of sp³-hybridized carbons (Fsp3) is 0.154. The molecular formula is C13H12ClN5O4S. The highest BCUT2D eigenvalue weighted by atomic mass is 35.5. The van der Waals surface area contributed by atoms with E-state index in [2.05, 4.69) is 15.0 Å². The molecule has 1 aromatic carbocycles. The summed E-state index contributed by atoms with van der Waals surface area (Å²) in [5.41, 5.74) is 5.95. The van der Waals surface area contributed by atoms with Crippen molar-refractivity contribution < 1.29 is 17.7 Å². The Kier molecular flexibility index (Phi) is 4.26. The van der Waals surface area contributed by atoms with E-state index in [9.17, 15) is 13.0 Å². The smallest absolute Gasteiger partial charge is 0.328 e. The van der Waals surface area contributed by atoms with Gasteiger partial charge in [-0.25, -0.2) is 15.0 Å². The number of hydrogen-bond donors (Lipinski definition) is 2. The van der Waals surface area contributed by atoms with Gasteiger partial charge in [-0.2, -0.15) is 8.42 Å². The van der Waals surface area contributed by atoms with Gasteiger partial charge in [0.05, 0.1) is 6.54 Å². The fourth-order valence-electron chi connectivity index (χ4n) is 2.12. The van der Waals surface area contributed by atoms with E-state index in [-0.39, 0.29) is 30.1 Å². The predicted molar refractivity (Wildman–Crippen MR) is 86.5 cm³/mol. The molecule has 0 aliphatic rings. The number of hydrogen-bond acceptors (Lipinski definition) is 7. The molecule has 3 rings (SSSR count). The predicted octanol–water partition coefficient (Wildman–Crippen LogP) is 1.39. The van der Waals surface area contributed by atoms with E-state index in [1.807, 2.05) is 0 Å². The van der Waals surface area contributed by atoms with Gasteiger partial charge in [-0.05, 0) is 24.3 Å². The Morgan fingerprint density at radius 3 is 2.62 bits per heavy atom. The van der Waals surface area contributed by atoms with Crippen molar-refractivity contribution >= 4 is 38.7 Å². The number of benzene rings is 1. The van der Waals surface area contributed by atoms with Crippen LogP contribution < -0.4 is 10.5 Å². The number of aromatic nitrogens is 4. The maximum absolute atomic E-state index is 11.5. The average Bonchev–Trinajstić information content (AvgIpc) is 2.90. The van der Waals surface area contributed by atoms with E-state index in [4.69, 9.17) is 22.1 Å². The number of ether oxygens (including phenoxy) is 1. The number of fused-ring (bicyclic) bond motifs is 1. The molecule has 0 bridgehead atoms. The second-order valence-corrected chi connectivity index (χ2v) is 6.51. The van der Waals surface area contributed by atoms with Crippen LogP contribution in [0.15, 0.2) is 35.7 Å². The summed E-state index contributed by atoms with van der Waals surface area (Å²) < 4.78 is 39.1. The molecule has 0 unspecified atom stereocenters. The first-order valence-corrected chi connectivity index (χ1v) is 8.50. The highest BCUT2D eigenvalue weighted by Crippen LogP contribution is 2.21. The first-order chi connectivity index (χ1) is 11.4. The molecule has 9 nitrogen and oxygen atoms in total. The van der Waals surface area contributed by atoms with E-state index < -0.39 is 15.3 Å². The van der Waals surface area contributed by atoms with Crippen molar-refractivity contribution in [2.75, 3.05) is 12.3 Å². The molecule has 24 heavy (non-hydrogen) atoms. The molecule has 2 aromatic heterocycles. The van der Waals surface area contributed by atoms with E-state index in [0.29, 0.717) is 10.8 Å². The Morgan fingerprint density at radius 2 is 1.96 bits per heavy atom. The van der Waals surface area contributed by atoms with Gasteiger partial charge in [-0.15, -0.1) is 0 Å². The number of rotatable bonds is 5. The van der Waals surface area contributed by atoms with Crippen LogP contribution in [0.1, 0.15) is 0 Å². The molecule has 0 atom stereocenters. The maximum atomic E-state index is 11.5. The van der Waals surface area contributed by atoms with Gasteiger partial charge in [0, 0.05) is 5.02 Å². The Labute approximate surface area is 141 Å². The third-order valence-corrected chi connectivity index (χ3v) is 4.18. The van der Waals surface area contributed by atoms with Crippen molar-refractivity contribution in [1.29, 1.82) is 0 Å². The van der Waals surface area contributed by atoms with Crippen molar-refractivity contribution in [3.63, 3.8) is 0 Å². The number of nitrogens with two attached hydrogens (primary N) is 1. The summed E-state index contributed by atoms with van der Waals surface area (Å²) in [6.07, 6.45) is 1.18. The summed E-state index contributed by atoms with van der Waals surface area (Å²) in [4.78, 5) is 11.5. The van der Waals surface area contributed by atoms with E-state index in [1.165, 1.54) is 10.9 Å². The zero-order valence-electron chi connectivity index (χ0n) is 12.1. The second kappa shape index (κ2) is 6.23. The number of nitrogen functional groups attached to an aromatic ring is 1. The maximum Gasteiger partial charge on any atom is 0.328 e. The summed E-state index contributed by atoms with van der Waals surface area (Å²) in [5.74, 6) is 0.577. The highest BCUT2D eigenvalue weighted by Gasteiger charge is 2.23. The molecule has 0 spiro atoms. The molecule has 0 radical (unpaired) electrons. The monoisotopic (exact) mass is 369 g/mol. The first kappa shape index (κ1) is 16.4. The largest absolute Gasteiger partial charge is 0.492 e. The molecule has 0 saturated heterocycles. The van der Waals surface area contributed by atoms with Crippen LogP contribution in [0.4, 0.5) is 5.82 Å². The van der Waals surface area contributed by atoms with Crippen LogP contribution in [0.5, 0.6) is 5.75 Å². The lowest BCUT2D eigenvalue weighted by atomic mass is 10.3. The third kappa shape index (κ3) is 3.25. The molecule has 3 aromatic rings. The number of nitrogens with zero attached hydrogens (tertiary/aromatic N) is 4. The SMILES string of the molecule is Nc1ncnc2c1nc(S(=O)(=O)O)n2CCOc1ccc(Cl)cc1. The van der Waals surface area contributed by atoms with Gasteiger partial charge in [0.2, 0.25) is 0 Å². The van der Waals surface area contributed by atoms with Gasteiger partial charge in [0.1, 0.15) is 18.7 Å². The van der Waals surface area contributed by atoms with Crippen molar-refractivity contribution in [3.05, 3.63) is 35.6 Å². The van der Waals surface area contributed by atoms with Crippen molar-refractivity contribution in [2.24, 2.45) is 0 Å². The minimum atomic E-state index is -4.56. The van der Waals surface area contributed by atoms with Crippen LogP contribution in [-0.2, 0) is 16.7 Å². The van der Waals surface area contributed by atoms with Gasteiger partial charge >= 0.3 is 10.1 Å². The minimum absolute atomic E-state index is 0.0160. The highest BCUT2D eigenvalue weighted by molar-refractivity contribution is 7.85. The molecule has 0 aliphatic heterocycles. The van der Waals surface area contributed by atoms with Crippen LogP contribution in [-0.4, -0.2) is 39.1 Å². The van der Waals surface area contributed by atoms with Gasteiger partial charge in [0.25, 0.3) is 5.16 Å². The van der Waals surface area contributed by atoms with E-state index in [1.54, 1.807) is 24.3 Å². The van der Waals surface area contributed by atoms with Crippen LogP contribution in [0.2, 0.25) is 5.02 Å². The normalized spacial score (nSPS) is 11.8. The standard InChI is InChI=1S/C13H12ClN5O4S/c14-8-1-3-9(4-2-8)23-6-5-19-12-10(11(15)16-7-17-12)18-13(19)24(20,21)22/h1-4,7H,5-6H2,(H2,15,16,17)(H,20,21,22). The topological polar surface area (TPSA) is 133 Å². The molecular weight excluding hydrogens is 358 g/mol. The molecule has 0 amide bonds.